The number of aliphatic hydroxyl groups is 1. The van der Waals surface area contributed by atoms with Gasteiger partial charge in [-0.1, -0.05) is 0 Å². The van der Waals surface area contributed by atoms with Gasteiger partial charge in [-0.3, -0.25) is 4.79 Å². The monoisotopic (exact) mass is 453 g/mol. The van der Waals surface area contributed by atoms with Crippen molar-refractivity contribution < 1.29 is 29.0 Å². The van der Waals surface area contributed by atoms with Gasteiger partial charge < -0.3 is 29.9 Å². The van der Waals surface area contributed by atoms with Crippen LogP contribution in [0.5, 0.6) is 0 Å². The first-order valence-corrected chi connectivity index (χ1v) is 9.38. The normalized spacial score (nSPS) is 11.8. The standard InChI is InChI=1S/C21H19N5O7/c1-10(27)17(18(28)22-13-4-5-15-16(9-13)24-21(31)23-15)26-25-14-7-11(19(29)32-2)6-12(8-14)20(30)33-3/h4-9,27H,1-3H3,(H,22,28)(H2,23,24,31)/b17-10+,26-25?. The van der Waals surface area contributed by atoms with Crippen LogP contribution in [-0.4, -0.2) is 47.1 Å². The molecular weight excluding hydrogens is 434 g/mol. The van der Waals surface area contributed by atoms with Crippen LogP contribution in [0.25, 0.3) is 11.0 Å². The molecular formula is C21H19N5O7. The number of benzene rings is 2. The second-order valence-electron chi connectivity index (χ2n) is 6.68. The molecule has 0 aliphatic rings. The molecule has 3 rings (SSSR count). The third kappa shape index (κ3) is 5.31. The van der Waals surface area contributed by atoms with E-state index in [1.54, 1.807) is 12.1 Å². The number of aromatic amines is 2. The number of rotatable bonds is 6. The van der Waals surface area contributed by atoms with E-state index in [4.69, 9.17) is 0 Å². The Morgan fingerprint density at radius 2 is 1.55 bits per heavy atom. The Morgan fingerprint density at radius 1 is 0.939 bits per heavy atom. The molecule has 0 radical (unpaired) electrons. The lowest BCUT2D eigenvalue weighted by Crippen LogP contribution is -2.14. The molecule has 1 heterocycles. The van der Waals surface area contributed by atoms with Crippen molar-refractivity contribution in [1.29, 1.82) is 0 Å². The van der Waals surface area contributed by atoms with Gasteiger partial charge in [-0.2, -0.15) is 5.11 Å². The zero-order valence-electron chi connectivity index (χ0n) is 17.8. The number of anilines is 1. The minimum absolute atomic E-state index is 0.0128. The van der Waals surface area contributed by atoms with Crippen LogP contribution in [0.2, 0.25) is 0 Å². The lowest BCUT2D eigenvalue weighted by Gasteiger charge is -2.07. The van der Waals surface area contributed by atoms with Crippen molar-refractivity contribution in [3.05, 3.63) is 69.5 Å². The number of hydrogen-bond donors (Lipinski definition) is 4. The summed E-state index contributed by atoms with van der Waals surface area (Å²) < 4.78 is 9.32. The number of allylic oxidation sites excluding steroid dienone is 1. The first-order valence-electron chi connectivity index (χ1n) is 9.38. The number of amides is 1. The average Bonchev–Trinajstić information content (AvgIpc) is 3.16. The summed E-state index contributed by atoms with van der Waals surface area (Å²) in [6.45, 7) is 1.24. The summed E-state index contributed by atoms with van der Waals surface area (Å²) in [6, 6.07) is 8.51. The van der Waals surface area contributed by atoms with Crippen molar-refractivity contribution >= 4 is 40.3 Å². The zero-order chi connectivity index (χ0) is 24.1. The number of aromatic nitrogens is 2. The molecule has 3 aromatic rings. The maximum Gasteiger partial charge on any atom is 0.337 e. The van der Waals surface area contributed by atoms with Crippen LogP contribution in [0.1, 0.15) is 27.6 Å². The van der Waals surface area contributed by atoms with Gasteiger partial charge in [-0.05, 0) is 43.3 Å². The molecule has 4 N–H and O–H groups in total. The van der Waals surface area contributed by atoms with E-state index in [1.165, 1.54) is 45.4 Å². The van der Waals surface area contributed by atoms with Crippen LogP contribution >= 0.6 is 0 Å². The minimum atomic E-state index is -0.784. The van der Waals surface area contributed by atoms with Gasteiger partial charge in [0.15, 0.2) is 5.70 Å². The fourth-order valence-electron chi connectivity index (χ4n) is 2.83. The number of nitrogens with zero attached hydrogens (tertiary/aromatic N) is 2. The van der Waals surface area contributed by atoms with Gasteiger partial charge in [0.1, 0.15) is 5.76 Å². The average molecular weight is 453 g/mol. The van der Waals surface area contributed by atoms with E-state index in [0.29, 0.717) is 16.7 Å². The Balaban J connectivity index is 1.89. The van der Waals surface area contributed by atoms with Gasteiger partial charge in [0, 0.05) is 5.69 Å². The van der Waals surface area contributed by atoms with Gasteiger partial charge >= 0.3 is 17.6 Å². The number of carbonyl (C=O) groups excluding carboxylic acids is 3. The van der Waals surface area contributed by atoms with Gasteiger partial charge in [0.2, 0.25) is 0 Å². The molecule has 0 spiro atoms. The fourth-order valence-corrected chi connectivity index (χ4v) is 2.83. The molecule has 0 aliphatic carbocycles. The van der Waals surface area contributed by atoms with Crippen LogP contribution in [0.15, 0.2) is 62.9 Å². The first-order chi connectivity index (χ1) is 15.7. The Hall–Kier alpha value is -4.74. The number of H-pyrrole nitrogens is 2. The summed E-state index contributed by atoms with van der Waals surface area (Å²) >= 11 is 0. The van der Waals surface area contributed by atoms with E-state index in [0.717, 1.165) is 0 Å². The molecule has 0 aliphatic heterocycles. The van der Waals surface area contributed by atoms with Crippen molar-refractivity contribution in [3.8, 4) is 0 Å². The molecule has 1 amide bonds. The van der Waals surface area contributed by atoms with E-state index in [-0.39, 0.29) is 16.8 Å². The summed E-state index contributed by atoms with van der Waals surface area (Å²) in [5.74, 6) is -2.65. The van der Waals surface area contributed by atoms with Gasteiger partial charge in [0.25, 0.3) is 5.91 Å². The molecule has 0 unspecified atom stereocenters. The molecule has 1 aromatic heterocycles. The Labute approximate surface area is 185 Å². The highest BCUT2D eigenvalue weighted by molar-refractivity contribution is 6.04. The van der Waals surface area contributed by atoms with Crippen molar-refractivity contribution in [2.75, 3.05) is 19.5 Å². The quantitative estimate of drug-likeness (QED) is 0.192. The predicted octanol–water partition coefficient (Wildman–Crippen LogP) is 2.94. The molecule has 2 aromatic carbocycles. The first kappa shape index (κ1) is 22.9. The number of methoxy groups -OCH3 is 2. The van der Waals surface area contributed by atoms with E-state index >= 15 is 0 Å². The number of fused-ring (bicyclic) bond motifs is 1. The number of carbonyl (C=O) groups is 3. The third-order valence-corrected chi connectivity index (χ3v) is 4.36. The third-order valence-electron chi connectivity index (χ3n) is 4.36. The van der Waals surface area contributed by atoms with E-state index in [9.17, 15) is 24.3 Å². The van der Waals surface area contributed by atoms with Crippen molar-refractivity contribution in [2.45, 2.75) is 6.92 Å². The Bertz CT molecular complexity index is 1330. The highest BCUT2D eigenvalue weighted by Crippen LogP contribution is 2.22. The second kappa shape index (κ2) is 9.60. The SMILES string of the molecule is COC(=O)c1cc(N=N/C(C(=O)Nc2ccc3[nH]c(=O)[nH]c3c2)=C(\C)O)cc(C(=O)OC)c1. The number of hydrogen-bond acceptors (Lipinski definition) is 9. The highest BCUT2D eigenvalue weighted by atomic mass is 16.5. The molecule has 0 fully saturated rings. The van der Waals surface area contributed by atoms with Crippen LogP contribution < -0.4 is 11.0 Å². The van der Waals surface area contributed by atoms with Crippen molar-refractivity contribution in [1.82, 2.24) is 9.97 Å². The summed E-state index contributed by atoms with van der Waals surface area (Å²) in [5, 5.41) is 20.1. The topological polar surface area (TPSA) is 175 Å². The molecule has 12 heteroatoms. The maximum atomic E-state index is 12.6. The number of aliphatic hydroxyl groups excluding tert-OH is 1. The molecule has 0 saturated heterocycles. The van der Waals surface area contributed by atoms with E-state index in [2.05, 4.69) is 35.0 Å². The molecule has 170 valence electrons. The number of nitrogens with one attached hydrogen (secondary N) is 3. The van der Waals surface area contributed by atoms with E-state index in [1.807, 2.05) is 0 Å². The highest BCUT2D eigenvalue weighted by Gasteiger charge is 2.16. The number of esters is 2. The molecule has 0 bridgehead atoms. The van der Waals surface area contributed by atoms with Crippen LogP contribution in [0.3, 0.4) is 0 Å². The number of azo groups is 1. The number of imidazole rings is 1. The lowest BCUT2D eigenvalue weighted by atomic mass is 10.1. The lowest BCUT2D eigenvalue weighted by molar-refractivity contribution is -0.113. The van der Waals surface area contributed by atoms with Crippen LogP contribution in [0, 0.1) is 0 Å². The largest absolute Gasteiger partial charge is 0.510 e. The van der Waals surface area contributed by atoms with Gasteiger partial charge in [0.05, 0.1) is 42.1 Å². The summed E-state index contributed by atoms with van der Waals surface area (Å²) in [7, 11) is 2.35. The molecule has 12 nitrogen and oxygen atoms in total. The summed E-state index contributed by atoms with van der Waals surface area (Å²) in [5.41, 5.74) is 0.612. The minimum Gasteiger partial charge on any atom is -0.510 e. The van der Waals surface area contributed by atoms with Crippen molar-refractivity contribution in [3.63, 3.8) is 0 Å². The second-order valence-corrected chi connectivity index (χ2v) is 6.68. The fraction of sp³-hybridized carbons (Fsp3) is 0.143. The maximum absolute atomic E-state index is 12.6. The Morgan fingerprint density at radius 3 is 2.12 bits per heavy atom. The zero-order valence-corrected chi connectivity index (χ0v) is 17.8. The smallest absolute Gasteiger partial charge is 0.337 e. The molecule has 33 heavy (non-hydrogen) atoms. The van der Waals surface area contributed by atoms with E-state index < -0.39 is 35.0 Å². The summed E-state index contributed by atoms with van der Waals surface area (Å²) in [4.78, 5) is 53.0. The van der Waals surface area contributed by atoms with Crippen LogP contribution in [-0.2, 0) is 14.3 Å². The summed E-state index contributed by atoms with van der Waals surface area (Å²) in [6.07, 6.45) is 0. The van der Waals surface area contributed by atoms with Gasteiger partial charge in [-0.25, -0.2) is 14.4 Å². The molecule has 0 atom stereocenters. The Kier molecular flexibility index (Phi) is 6.67. The van der Waals surface area contributed by atoms with Gasteiger partial charge in [-0.15, -0.1) is 5.11 Å². The van der Waals surface area contributed by atoms with Crippen LogP contribution in [0.4, 0.5) is 11.4 Å². The predicted molar refractivity (Wildman–Crippen MR) is 117 cm³/mol. The van der Waals surface area contributed by atoms with Crippen molar-refractivity contribution in [2.24, 2.45) is 10.2 Å². The molecule has 0 saturated carbocycles. The number of ether oxygens (including phenoxy) is 2.